The first-order chi connectivity index (χ1) is 7.18. The van der Waals surface area contributed by atoms with Gasteiger partial charge in [0.1, 0.15) is 5.69 Å². The van der Waals surface area contributed by atoms with Crippen LogP contribution in [-0.2, 0) is 0 Å². The van der Waals surface area contributed by atoms with Gasteiger partial charge in [-0.05, 0) is 12.1 Å². The molecule has 2 aromatic heterocycles. The maximum absolute atomic E-state index is 12.7. The minimum absolute atomic E-state index is 0.176. The van der Waals surface area contributed by atoms with Crippen LogP contribution in [0.4, 0.5) is 13.2 Å². The molecular weight excluding hydrogens is 207 g/mol. The molecule has 15 heavy (non-hydrogen) atoms. The molecule has 0 fully saturated rings. The van der Waals surface area contributed by atoms with Gasteiger partial charge in [0.2, 0.25) is 5.82 Å². The van der Waals surface area contributed by atoms with Crippen molar-refractivity contribution in [2.24, 2.45) is 0 Å². The first kappa shape index (κ1) is 9.57. The Morgan fingerprint density at radius 2 is 1.60 bits per heavy atom. The van der Waals surface area contributed by atoms with Crippen molar-refractivity contribution in [2.45, 2.75) is 0 Å². The molecule has 0 radical (unpaired) electrons. The van der Waals surface area contributed by atoms with Gasteiger partial charge in [-0.2, -0.15) is 23.1 Å². The SMILES string of the molecule is Fc1nc(-c2ccccn2)nc(F)c1F. The Morgan fingerprint density at radius 1 is 0.933 bits per heavy atom. The average Bonchev–Trinajstić information content (AvgIpc) is 2.26. The molecule has 0 amide bonds. The number of hydrogen-bond acceptors (Lipinski definition) is 3. The normalized spacial score (nSPS) is 10.3. The lowest BCUT2D eigenvalue weighted by Crippen LogP contribution is -2.02. The van der Waals surface area contributed by atoms with Crippen molar-refractivity contribution in [1.82, 2.24) is 15.0 Å². The molecule has 0 aliphatic rings. The van der Waals surface area contributed by atoms with Crippen molar-refractivity contribution in [2.75, 3.05) is 0 Å². The van der Waals surface area contributed by atoms with E-state index >= 15 is 0 Å². The maximum Gasteiger partial charge on any atom is 0.255 e. The first-order valence-electron chi connectivity index (χ1n) is 3.98. The largest absolute Gasteiger partial charge is 0.255 e. The molecule has 0 saturated carbocycles. The standard InChI is InChI=1S/C9H4F3N3/c10-6-7(11)14-9(15-8(6)12)5-3-1-2-4-13-5/h1-4H. The van der Waals surface area contributed by atoms with Crippen molar-refractivity contribution in [3.05, 3.63) is 42.1 Å². The Balaban J connectivity index is 2.56. The zero-order valence-electron chi connectivity index (χ0n) is 7.28. The molecule has 76 valence electrons. The lowest BCUT2D eigenvalue weighted by atomic mass is 10.3. The van der Waals surface area contributed by atoms with Crippen LogP contribution in [0.3, 0.4) is 0 Å². The molecule has 0 aliphatic carbocycles. The summed E-state index contributed by atoms with van der Waals surface area (Å²) in [4.78, 5) is 10.1. The van der Waals surface area contributed by atoms with Crippen LogP contribution >= 0.6 is 0 Å². The first-order valence-corrected chi connectivity index (χ1v) is 3.98. The summed E-state index contributed by atoms with van der Waals surface area (Å²) < 4.78 is 38.0. The van der Waals surface area contributed by atoms with Crippen LogP contribution in [0, 0.1) is 17.7 Å². The highest BCUT2D eigenvalue weighted by Crippen LogP contribution is 2.14. The molecule has 2 rings (SSSR count). The molecule has 0 aromatic carbocycles. The molecule has 0 bridgehead atoms. The molecule has 0 aliphatic heterocycles. The van der Waals surface area contributed by atoms with Gasteiger partial charge in [0.05, 0.1) is 0 Å². The maximum atomic E-state index is 12.7. The van der Waals surface area contributed by atoms with E-state index < -0.39 is 17.7 Å². The van der Waals surface area contributed by atoms with Crippen LogP contribution in [0.15, 0.2) is 24.4 Å². The molecule has 0 unspecified atom stereocenters. The fraction of sp³-hybridized carbons (Fsp3) is 0. The van der Waals surface area contributed by atoms with Crippen LogP contribution in [0.25, 0.3) is 11.5 Å². The fourth-order valence-corrected chi connectivity index (χ4v) is 1.00. The molecule has 0 spiro atoms. The molecule has 3 nitrogen and oxygen atoms in total. The van der Waals surface area contributed by atoms with Crippen molar-refractivity contribution in [3.63, 3.8) is 0 Å². The fourth-order valence-electron chi connectivity index (χ4n) is 1.00. The lowest BCUT2D eigenvalue weighted by Gasteiger charge is -1.99. The predicted molar refractivity (Wildman–Crippen MR) is 45.1 cm³/mol. The predicted octanol–water partition coefficient (Wildman–Crippen LogP) is 1.96. The Bertz CT molecular complexity index is 464. The van der Waals surface area contributed by atoms with Gasteiger partial charge < -0.3 is 0 Å². The van der Waals surface area contributed by atoms with Gasteiger partial charge in [-0.25, -0.2) is 0 Å². The van der Waals surface area contributed by atoms with E-state index in [1.807, 2.05) is 0 Å². The quantitative estimate of drug-likeness (QED) is 0.677. The summed E-state index contributed by atoms with van der Waals surface area (Å²) in [5.74, 6) is -5.02. The van der Waals surface area contributed by atoms with Crippen LogP contribution in [-0.4, -0.2) is 15.0 Å². The zero-order valence-corrected chi connectivity index (χ0v) is 7.28. The van der Waals surface area contributed by atoms with Crippen molar-refractivity contribution >= 4 is 0 Å². The summed E-state index contributed by atoms with van der Waals surface area (Å²) in [6.07, 6.45) is 1.41. The minimum atomic E-state index is -1.69. The van der Waals surface area contributed by atoms with E-state index in [-0.39, 0.29) is 11.5 Å². The van der Waals surface area contributed by atoms with Crippen LogP contribution in [0.2, 0.25) is 0 Å². The smallest absolute Gasteiger partial charge is 0.253 e. The molecule has 0 saturated heterocycles. The topological polar surface area (TPSA) is 38.7 Å². The monoisotopic (exact) mass is 211 g/mol. The van der Waals surface area contributed by atoms with Gasteiger partial charge in [-0.15, -0.1) is 0 Å². The van der Waals surface area contributed by atoms with E-state index in [0.29, 0.717) is 0 Å². The molecule has 2 aromatic rings. The highest BCUT2D eigenvalue weighted by Gasteiger charge is 2.15. The van der Waals surface area contributed by atoms with Crippen molar-refractivity contribution < 1.29 is 13.2 Å². The van der Waals surface area contributed by atoms with Gasteiger partial charge in [-0.3, -0.25) is 4.98 Å². The van der Waals surface area contributed by atoms with Gasteiger partial charge in [0, 0.05) is 6.20 Å². The van der Waals surface area contributed by atoms with Crippen molar-refractivity contribution in [1.29, 1.82) is 0 Å². The number of rotatable bonds is 1. The van der Waals surface area contributed by atoms with Crippen LogP contribution < -0.4 is 0 Å². The highest BCUT2D eigenvalue weighted by molar-refractivity contribution is 5.47. The summed E-state index contributed by atoms with van der Waals surface area (Å²) in [6.45, 7) is 0. The Labute approximate surface area is 82.6 Å². The van der Waals surface area contributed by atoms with Crippen LogP contribution in [0.5, 0.6) is 0 Å². The van der Waals surface area contributed by atoms with E-state index in [9.17, 15) is 13.2 Å². The van der Waals surface area contributed by atoms with E-state index in [0.717, 1.165) is 0 Å². The molecular formula is C9H4F3N3. The number of hydrogen-bond donors (Lipinski definition) is 0. The number of halogens is 3. The Hall–Kier alpha value is -1.98. The molecule has 0 atom stereocenters. The van der Waals surface area contributed by atoms with Crippen molar-refractivity contribution in [3.8, 4) is 11.5 Å². The Morgan fingerprint density at radius 3 is 2.13 bits per heavy atom. The van der Waals surface area contributed by atoms with E-state index in [2.05, 4.69) is 15.0 Å². The summed E-state index contributed by atoms with van der Waals surface area (Å²) in [6, 6.07) is 4.69. The van der Waals surface area contributed by atoms with Gasteiger partial charge in [-0.1, -0.05) is 6.07 Å². The van der Waals surface area contributed by atoms with E-state index in [1.165, 1.54) is 12.3 Å². The van der Waals surface area contributed by atoms with Crippen LogP contribution in [0.1, 0.15) is 0 Å². The summed E-state index contributed by atoms with van der Waals surface area (Å²) >= 11 is 0. The number of nitrogens with zero attached hydrogens (tertiary/aromatic N) is 3. The van der Waals surface area contributed by atoms with E-state index in [1.54, 1.807) is 12.1 Å². The molecule has 6 heteroatoms. The second kappa shape index (κ2) is 3.64. The summed E-state index contributed by atoms with van der Waals surface area (Å²) in [5.41, 5.74) is 0.176. The second-order valence-corrected chi connectivity index (χ2v) is 2.66. The van der Waals surface area contributed by atoms with Gasteiger partial charge >= 0.3 is 0 Å². The minimum Gasteiger partial charge on any atom is -0.253 e. The summed E-state index contributed by atoms with van der Waals surface area (Å²) in [5, 5.41) is 0. The average molecular weight is 211 g/mol. The zero-order chi connectivity index (χ0) is 10.8. The highest BCUT2D eigenvalue weighted by atomic mass is 19.2. The Kier molecular flexibility index (Phi) is 2.32. The van der Waals surface area contributed by atoms with Gasteiger partial charge in [0.25, 0.3) is 11.9 Å². The van der Waals surface area contributed by atoms with E-state index in [4.69, 9.17) is 0 Å². The number of pyridine rings is 1. The third-order valence-electron chi connectivity index (χ3n) is 1.66. The number of aromatic nitrogens is 3. The third-order valence-corrected chi connectivity index (χ3v) is 1.66. The lowest BCUT2D eigenvalue weighted by molar-refractivity contribution is 0.408. The summed E-state index contributed by atoms with van der Waals surface area (Å²) in [7, 11) is 0. The third kappa shape index (κ3) is 1.78. The molecule has 2 heterocycles. The molecule has 0 N–H and O–H groups in total. The van der Waals surface area contributed by atoms with Gasteiger partial charge in [0.15, 0.2) is 5.82 Å². The second-order valence-electron chi connectivity index (χ2n) is 2.66.